The smallest absolute Gasteiger partial charge is 0.0184 e. The van der Waals surface area contributed by atoms with Crippen LogP contribution in [0, 0.1) is 6.92 Å². The Hall–Kier alpha value is -2.34. The molecule has 0 N–H and O–H groups in total. The van der Waals surface area contributed by atoms with E-state index in [2.05, 4.69) is 62.6 Å². The normalized spacial score (nSPS) is 11.1. The summed E-state index contributed by atoms with van der Waals surface area (Å²) in [5.74, 6) is 0. The van der Waals surface area contributed by atoms with Crippen LogP contribution in [-0.2, 0) is 0 Å². The lowest BCUT2D eigenvalue weighted by atomic mass is 9.99. The van der Waals surface area contributed by atoms with Gasteiger partial charge in [-0.3, -0.25) is 0 Å². The summed E-state index contributed by atoms with van der Waals surface area (Å²) < 4.78 is 0. The van der Waals surface area contributed by atoms with Gasteiger partial charge in [-0.05, 0) is 35.3 Å². The molecule has 0 fully saturated rings. The van der Waals surface area contributed by atoms with Crippen LogP contribution in [-0.4, -0.2) is 0 Å². The Balaban J connectivity index is 2.32. The maximum atomic E-state index is 4.13. The maximum absolute atomic E-state index is 4.13. The molecule has 2 aromatic carbocycles. The van der Waals surface area contributed by atoms with Crippen LogP contribution in [0.1, 0.15) is 16.7 Å². The van der Waals surface area contributed by atoms with Gasteiger partial charge in [0.1, 0.15) is 0 Å². The second-order valence-corrected chi connectivity index (χ2v) is 4.56. The van der Waals surface area contributed by atoms with E-state index in [1.807, 2.05) is 24.3 Å². The summed E-state index contributed by atoms with van der Waals surface area (Å²) in [5, 5.41) is 0. The SMILES string of the molecule is C=C/C(=C\C(=C)c1ccccc1)c1ccc(C)cc1. The van der Waals surface area contributed by atoms with Crippen molar-refractivity contribution in [3.63, 3.8) is 0 Å². The first kappa shape index (κ1) is 13.1. The average Bonchev–Trinajstić information content (AvgIpc) is 2.46. The minimum Gasteiger partial charge on any atom is -0.0984 e. The molecule has 0 bridgehead atoms. The Kier molecular flexibility index (Phi) is 4.15. The first-order chi connectivity index (χ1) is 9.20. The van der Waals surface area contributed by atoms with E-state index in [9.17, 15) is 0 Å². The molecule has 0 spiro atoms. The molecule has 0 radical (unpaired) electrons. The molecule has 0 aliphatic heterocycles. The number of allylic oxidation sites excluding steroid dienone is 4. The molecular weight excluding hydrogens is 228 g/mol. The molecule has 0 heterocycles. The van der Waals surface area contributed by atoms with Crippen molar-refractivity contribution in [1.82, 2.24) is 0 Å². The van der Waals surface area contributed by atoms with Crippen molar-refractivity contribution in [2.75, 3.05) is 0 Å². The Morgan fingerprint density at radius 3 is 2.11 bits per heavy atom. The van der Waals surface area contributed by atoms with Gasteiger partial charge in [-0.25, -0.2) is 0 Å². The fraction of sp³-hybridized carbons (Fsp3) is 0.0526. The van der Waals surface area contributed by atoms with Gasteiger partial charge in [0, 0.05) is 0 Å². The lowest BCUT2D eigenvalue weighted by Crippen LogP contribution is -1.84. The van der Waals surface area contributed by atoms with Crippen LogP contribution in [0.2, 0.25) is 0 Å². The van der Waals surface area contributed by atoms with E-state index in [1.54, 1.807) is 0 Å². The van der Waals surface area contributed by atoms with Gasteiger partial charge in [0.25, 0.3) is 0 Å². The van der Waals surface area contributed by atoms with Crippen LogP contribution in [0.4, 0.5) is 0 Å². The fourth-order valence-corrected chi connectivity index (χ4v) is 1.93. The minimum atomic E-state index is 0.996. The molecule has 0 aliphatic carbocycles. The van der Waals surface area contributed by atoms with E-state index in [-0.39, 0.29) is 0 Å². The Morgan fingerprint density at radius 1 is 0.895 bits per heavy atom. The van der Waals surface area contributed by atoms with Gasteiger partial charge in [-0.15, -0.1) is 0 Å². The van der Waals surface area contributed by atoms with Crippen molar-refractivity contribution < 1.29 is 0 Å². The summed E-state index contributed by atoms with van der Waals surface area (Å²) >= 11 is 0. The number of benzene rings is 2. The number of hydrogen-bond donors (Lipinski definition) is 0. The van der Waals surface area contributed by atoms with Crippen LogP contribution in [0.15, 0.2) is 79.9 Å². The van der Waals surface area contributed by atoms with Gasteiger partial charge in [0.05, 0.1) is 0 Å². The van der Waals surface area contributed by atoms with E-state index < -0.39 is 0 Å². The summed E-state index contributed by atoms with van der Waals surface area (Å²) in [4.78, 5) is 0. The topological polar surface area (TPSA) is 0 Å². The van der Waals surface area contributed by atoms with Gasteiger partial charge in [0.2, 0.25) is 0 Å². The molecule has 0 saturated carbocycles. The van der Waals surface area contributed by atoms with Gasteiger partial charge >= 0.3 is 0 Å². The Bertz CT molecular complexity index is 598. The molecule has 0 saturated heterocycles. The standard InChI is InChI=1S/C19H18/c1-4-17(19-12-10-15(2)11-13-19)14-16(3)18-8-6-5-7-9-18/h4-14H,1,3H2,2H3/b17-14+. The van der Waals surface area contributed by atoms with Crippen molar-refractivity contribution in [1.29, 1.82) is 0 Å². The van der Waals surface area contributed by atoms with Crippen molar-refractivity contribution in [2.24, 2.45) is 0 Å². The summed E-state index contributed by atoms with van der Waals surface area (Å²) in [6, 6.07) is 18.6. The van der Waals surface area contributed by atoms with Crippen molar-refractivity contribution >= 4 is 11.1 Å². The van der Waals surface area contributed by atoms with Crippen LogP contribution in [0.25, 0.3) is 11.1 Å². The lowest BCUT2D eigenvalue weighted by Gasteiger charge is -2.06. The Morgan fingerprint density at radius 2 is 1.53 bits per heavy atom. The van der Waals surface area contributed by atoms with Crippen LogP contribution in [0.3, 0.4) is 0 Å². The zero-order valence-corrected chi connectivity index (χ0v) is 11.3. The summed E-state index contributed by atoms with van der Waals surface area (Å²) in [5.41, 5.74) is 5.64. The maximum Gasteiger partial charge on any atom is -0.0184 e. The third-order valence-electron chi connectivity index (χ3n) is 3.08. The van der Waals surface area contributed by atoms with Crippen molar-refractivity contribution in [2.45, 2.75) is 6.92 Å². The van der Waals surface area contributed by atoms with Gasteiger partial charge in [-0.2, -0.15) is 0 Å². The Labute approximate surface area is 115 Å². The molecular formula is C19H18. The molecule has 19 heavy (non-hydrogen) atoms. The highest BCUT2D eigenvalue weighted by Crippen LogP contribution is 2.22. The average molecular weight is 246 g/mol. The second-order valence-electron chi connectivity index (χ2n) is 4.56. The first-order valence-electron chi connectivity index (χ1n) is 6.36. The summed E-state index contributed by atoms with van der Waals surface area (Å²) in [7, 11) is 0. The predicted octanol–water partition coefficient (Wildman–Crippen LogP) is 5.28. The van der Waals surface area contributed by atoms with Crippen LogP contribution < -0.4 is 0 Å². The molecule has 94 valence electrons. The van der Waals surface area contributed by atoms with Crippen LogP contribution in [0.5, 0.6) is 0 Å². The molecule has 2 aromatic rings. The van der Waals surface area contributed by atoms with Gasteiger partial charge < -0.3 is 0 Å². The molecule has 0 aromatic heterocycles. The van der Waals surface area contributed by atoms with Gasteiger partial charge in [-0.1, -0.05) is 79.4 Å². The second kappa shape index (κ2) is 6.01. The largest absolute Gasteiger partial charge is 0.0984 e. The number of hydrogen-bond acceptors (Lipinski definition) is 0. The van der Waals surface area contributed by atoms with E-state index in [0.717, 1.165) is 22.3 Å². The quantitative estimate of drug-likeness (QED) is 0.644. The predicted molar refractivity (Wildman–Crippen MR) is 84.8 cm³/mol. The number of aryl methyl sites for hydroxylation is 1. The molecule has 0 unspecified atom stereocenters. The highest BCUT2D eigenvalue weighted by atomic mass is 14.0. The van der Waals surface area contributed by atoms with E-state index in [0.29, 0.717) is 0 Å². The molecule has 0 aliphatic rings. The third kappa shape index (κ3) is 3.32. The van der Waals surface area contributed by atoms with Crippen molar-refractivity contribution in [3.05, 3.63) is 96.6 Å². The van der Waals surface area contributed by atoms with E-state index in [4.69, 9.17) is 0 Å². The third-order valence-corrected chi connectivity index (χ3v) is 3.08. The highest BCUT2D eigenvalue weighted by Gasteiger charge is 2.00. The molecule has 0 nitrogen and oxygen atoms in total. The lowest BCUT2D eigenvalue weighted by molar-refractivity contribution is 1.45. The first-order valence-corrected chi connectivity index (χ1v) is 6.36. The summed E-state index contributed by atoms with van der Waals surface area (Å²) in [6.45, 7) is 10.1. The van der Waals surface area contributed by atoms with Gasteiger partial charge in [0.15, 0.2) is 0 Å². The zero-order chi connectivity index (χ0) is 13.7. The van der Waals surface area contributed by atoms with E-state index in [1.165, 1.54) is 5.56 Å². The molecule has 0 atom stereocenters. The zero-order valence-electron chi connectivity index (χ0n) is 11.3. The van der Waals surface area contributed by atoms with Crippen molar-refractivity contribution in [3.8, 4) is 0 Å². The molecule has 2 rings (SSSR count). The van der Waals surface area contributed by atoms with E-state index >= 15 is 0 Å². The molecule has 0 heteroatoms. The molecule has 0 amide bonds. The number of rotatable bonds is 4. The summed E-state index contributed by atoms with van der Waals surface area (Å²) in [6.07, 6.45) is 3.95. The fourth-order valence-electron chi connectivity index (χ4n) is 1.93. The highest BCUT2D eigenvalue weighted by molar-refractivity contribution is 5.86. The monoisotopic (exact) mass is 246 g/mol. The van der Waals surface area contributed by atoms with Crippen LogP contribution >= 0.6 is 0 Å². The minimum absolute atomic E-state index is 0.996.